The van der Waals surface area contributed by atoms with Gasteiger partial charge in [0.15, 0.2) is 0 Å². The minimum absolute atomic E-state index is 0.0302. The van der Waals surface area contributed by atoms with Crippen molar-refractivity contribution in [2.75, 3.05) is 18.1 Å². The monoisotopic (exact) mass is 594 g/mol. The Kier molecular flexibility index (Phi) is 12.5. The standard InChI is InChI=1S/C29H36F2N2O5S2/c1-7-29(6,40-15-25(32-18(4)34)17(3)38-8-2)27(33-19(5)35)16-39-28(37)23-13-20(9-12-26(23)36)22-11-10-21(30)14-24(22)31/h9-14,25,27,36H,3,7-8,15-16H2,1-2,4-6H3,(H,32,34)(H,33,35). The predicted octanol–water partition coefficient (Wildman–Crippen LogP) is 5.67. The van der Waals surface area contributed by atoms with Crippen molar-refractivity contribution in [2.45, 2.75) is 57.9 Å². The number of carbonyl (C=O) groups is 3. The molecule has 3 atom stereocenters. The molecule has 0 aliphatic rings. The number of rotatable bonds is 14. The normalized spacial score (nSPS) is 14.0. The number of carbonyl (C=O) groups excluding carboxylic acids is 3. The zero-order valence-corrected chi connectivity index (χ0v) is 24.9. The Morgan fingerprint density at radius 2 is 1.73 bits per heavy atom. The van der Waals surface area contributed by atoms with Crippen LogP contribution in [0.4, 0.5) is 8.78 Å². The van der Waals surface area contributed by atoms with Crippen LogP contribution >= 0.6 is 23.5 Å². The van der Waals surface area contributed by atoms with E-state index >= 15 is 0 Å². The SMILES string of the molecule is C=C(OCC)C(CSC(C)(CC)C(CSC(=O)c1cc(-c2ccc(F)cc2F)ccc1O)NC(C)=O)NC(C)=O. The van der Waals surface area contributed by atoms with Crippen LogP contribution in [0.15, 0.2) is 48.7 Å². The maximum Gasteiger partial charge on any atom is 0.223 e. The van der Waals surface area contributed by atoms with Crippen LogP contribution in [-0.4, -0.2) is 57.0 Å². The average Bonchev–Trinajstić information content (AvgIpc) is 2.88. The number of aromatic hydroxyl groups is 1. The van der Waals surface area contributed by atoms with Crippen molar-refractivity contribution in [3.8, 4) is 16.9 Å². The number of benzene rings is 2. The fraction of sp³-hybridized carbons (Fsp3) is 0.414. The summed E-state index contributed by atoms with van der Waals surface area (Å²) in [6, 6.07) is 6.31. The van der Waals surface area contributed by atoms with Crippen LogP contribution < -0.4 is 10.6 Å². The first kappa shape index (κ1) is 33.2. The summed E-state index contributed by atoms with van der Waals surface area (Å²) < 4.78 is 32.7. The van der Waals surface area contributed by atoms with Gasteiger partial charge in [0, 0.05) is 41.7 Å². The van der Waals surface area contributed by atoms with E-state index in [-0.39, 0.29) is 34.4 Å². The smallest absolute Gasteiger partial charge is 0.223 e. The molecule has 0 bridgehead atoms. The summed E-state index contributed by atoms with van der Waals surface area (Å²) in [5.41, 5.74) is 0.372. The van der Waals surface area contributed by atoms with Gasteiger partial charge in [-0.25, -0.2) is 8.78 Å². The molecule has 3 unspecified atom stereocenters. The molecule has 0 saturated heterocycles. The third-order valence-electron chi connectivity index (χ3n) is 6.33. The van der Waals surface area contributed by atoms with Gasteiger partial charge in [-0.2, -0.15) is 11.8 Å². The van der Waals surface area contributed by atoms with Crippen LogP contribution in [0.3, 0.4) is 0 Å². The molecular weight excluding hydrogens is 558 g/mol. The van der Waals surface area contributed by atoms with Gasteiger partial charge in [0.25, 0.3) is 0 Å². The molecule has 2 rings (SSSR count). The number of hydrogen-bond acceptors (Lipinski definition) is 7. The molecule has 2 amide bonds. The van der Waals surface area contributed by atoms with Crippen molar-refractivity contribution in [1.29, 1.82) is 0 Å². The van der Waals surface area contributed by atoms with Gasteiger partial charge in [0.05, 0.1) is 24.3 Å². The Bertz CT molecular complexity index is 1240. The molecule has 2 aromatic rings. The molecule has 2 aromatic carbocycles. The van der Waals surface area contributed by atoms with Gasteiger partial charge < -0.3 is 20.5 Å². The van der Waals surface area contributed by atoms with E-state index in [9.17, 15) is 28.3 Å². The summed E-state index contributed by atoms with van der Waals surface area (Å²) in [4.78, 5) is 37.1. The number of thioether (sulfide) groups is 2. The second kappa shape index (κ2) is 15.1. The predicted molar refractivity (Wildman–Crippen MR) is 157 cm³/mol. The first-order valence-corrected chi connectivity index (χ1v) is 14.7. The second-order valence-electron chi connectivity index (χ2n) is 9.34. The molecule has 11 heteroatoms. The Hall–Kier alpha value is -3.05. The van der Waals surface area contributed by atoms with Gasteiger partial charge >= 0.3 is 0 Å². The van der Waals surface area contributed by atoms with E-state index in [1.54, 1.807) is 0 Å². The number of phenolic OH excluding ortho intramolecular Hbond substituents is 1. The molecule has 0 spiro atoms. The molecule has 40 heavy (non-hydrogen) atoms. The van der Waals surface area contributed by atoms with Gasteiger partial charge in [0.1, 0.15) is 23.1 Å². The summed E-state index contributed by atoms with van der Waals surface area (Å²) in [6.07, 6.45) is 0.621. The lowest BCUT2D eigenvalue weighted by atomic mass is 9.99. The van der Waals surface area contributed by atoms with Crippen LogP contribution in [0, 0.1) is 11.6 Å². The lowest BCUT2D eigenvalue weighted by molar-refractivity contribution is -0.120. The van der Waals surface area contributed by atoms with Crippen molar-refractivity contribution < 1.29 is 33.0 Å². The van der Waals surface area contributed by atoms with Crippen LogP contribution in [0.5, 0.6) is 5.75 Å². The van der Waals surface area contributed by atoms with E-state index in [1.807, 2.05) is 20.8 Å². The zero-order valence-electron chi connectivity index (χ0n) is 23.3. The lowest BCUT2D eigenvalue weighted by Crippen LogP contribution is -2.51. The first-order valence-electron chi connectivity index (χ1n) is 12.8. The van der Waals surface area contributed by atoms with Gasteiger partial charge in [-0.15, -0.1) is 0 Å². The summed E-state index contributed by atoms with van der Waals surface area (Å²) in [5, 5.41) is 15.7. The van der Waals surface area contributed by atoms with Crippen LogP contribution in [0.25, 0.3) is 11.1 Å². The second-order valence-corrected chi connectivity index (χ2v) is 11.9. The third kappa shape index (κ3) is 9.26. The number of phenols is 1. The first-order chi connectivity index (χ1) is 18.8. The molecule has 7 nitrogen and oxygen atoms in total. The fourth-order valence-corrected chi connectivity index (χ4v) is 6.47. The van der Waals surface area contributed by atoms with Crippen LogP contribution in [-0.2, 0) is 14.3 Å². The molecule has 0 fully saturated rings. The largest absolute Gasteiger partial charge is 0.507 e. The van der Waals surface area contributed by atoms with Crippen molar-refractivity contribution in [3.63, 3.8) is 0 Å². The number of nitrogens with one attached hydrogen (secondary N) is 2. The highest BCUT2D eigenvalue weighted by molar-refractivity contribution is 8.14. The number of halogens is 2. The van der Waals surface area contributed by atoms with Crippen LogP contribution in [0.2, 0.25) is 0 Å². The maximum atomic E-state index is 14.3. The topological polar surface area (TPSA) is 105 Å². The van der Waals surface area contributed by atoms with Crippen LogP contribution in [0.1, 0.15) is 51.4 Å². The minimum atomic E-state index is -0.789. The van der Waals surface area contributed by atoms with E-state index in [1.165, 1.54) is 49.9 Å². The van der Waals surface area contributed by atoms with E-state index in [0.29, 0.717) is 30.1 Å². The van der Waals surface area contributed by atoms with Crippen molar-refractivity contribution in [2.24, 2.45) is 0 Å². The van der Waals surface area contributed by atoms with E-state index in [4.69, 9.17) is 4.74 Å². The number of hydrogen-bond donors (Lipinski definition) is 3. The Morgan fingerprint density at radius 3 is 2.30 bits per heavy atom. The summed E-state index contributed by atoms with van der Waals surface area (Å²) >= 11 is 2.43. The molecule has 0 saturated carbocycles. The highest BCUT2D eigenvalue weighted by atomic mass is 32.2. The third-order valence-corrected chi connectivity index (χ3v) is 9.05. The fourth-order valence-electron chi connectivity index (χ4n) is 3.91. The van der Waals surface area contributed by atoms with Crippen molar-refractivity contribution in [3.05, 3.63) is 65.9 Å². The highest BCUT2D eigenvalue weighted by Crippen LogP contribution is 2.36. The molecular formula is C29H36F2N2O5S2. The Balaban J connectivity index is 2.25. The highest BCUT2D eigenvalue weighted by Gasteiger charge is 2.36. The van der Waals surface area contributed by atoms with Crippen molar-refractivity contribution in [1.82, 2.24) is 10.6 Å². The van der Waals surface area contributed by atoms with Crippen molar-refractivity contribution >= 4 is 40.5 Å². The summed E-state index contributed by atoms with van der Waals surface area (Å²) in [7, 11) is 0. The number of ether oxygens (including phenoxy) is 1. The number of amides is 2. The Labute approximate surface area is 242 Å². The van der Waals surface area contributed by atoms with Gasteiger partial charge in [0.2, 0.25) is 16.9 Å². The molecule has 0 aliphatic heterocycles. The zero-order chi connectivity index (χ0) is 30.0. The molecule has 0 radical (unpaired) electrons. The van der Waals surface area contributed by atoms with E-state index in [0.717, 1.165) is 23.9 Å². The summed E-state index contributed by atoms with van der Waals surface area (Å²) in [6.45, 7) is 12.9. The Morgan fingerprint density at radius 1 is 1.05 bits per heavy atom. The quantitative estimate of drug-likeness (QED) is 0.242. The summed E-state index contributed by atoms with van der Waals surface area (Å²) in [5.74, 6) is -1.26. The maximum absolute atomic E-state index is 14.3. The molecule has 0 heterocycles. The lowest BCUT2D eigenvalue weighted by Gasteiger charge is -2.38. The van der Waals surface area contributed by atoms with Gasteiger partial charge in [-0.3, -0.25) is 14.4 Å². The molecule has 3 N–H and O–H groups in total. The molecule has 218 valence electrons. The van der Waals surface area contributed by atoms with Gasteiger partial charge in [-0.05, 0) is 50.1 Å². The van der Waals surface area contributed by atoms with Gasteiger partial charge in [-0.1, -0.05) is 31.3 Å². The van der Waals surface area contributed by atoms with E-state index in [2.05, 4.69) is 17.2 Å². The minimum Gasteiger partial charge on any atom is -0.507 e. The van der Waals surface area contributed by atoms with E-state index < -0.39 is 33.6 Å². The average molecular weight is 595 g/mol. The molecule has 0 aromatic heterocycles. The molecule has 0 aliphatic carbocycles.